The molecule has 0 amide bonds. The highest BCUT2D eigenvalue weighted by molar-refractivity contribution is 7.72. The van der Waals surface area contributed by atoms with Gasteiger partial charge in [0.2, 0.25) is 7.29 Å². The van der Waals surface area contributed by atoms with E-state index in [0.717, 1.165) is 43.7 Å². The monoisotopic (exact) mass is 514 g/mol. The van der Waals surface area contributed by atoms with Crippen LogP contribution in [0.5, 0.6) is 0 Å². The normalized spacial score (nSPS) is 17.0. The van der Waals surface area contributed by atoms with E-state index in [1.807, 2.05) is 79.7 Å². The Morgan fingerprint density at radius 2 is 1.72 bits per heavy atom. The van der Waals surface area contributed by atoms with Gasteiger partial charge in [0.15, 0.2) is 11.8 Å². The first-order valence-corrected chi connectivity index (χ1v) is 14.5. The van der Waals surface area contributed by atoms with Crippen molar-refractivity contribution in [1.29, 1.82) is 0 Å². The fourth-order valence-corrected chi connectivity index (χ4v) is 7.86. The van der Waals surface area contributed by atoms with Gasteiger partial charge in [0, 0.05) is 34.7 Å². The summed E-state index contributed by atoms with van der Waals surface area (Å²) in [5.41, 5.74) is 5.19. The largest absolute Gasteiger partial charge is 0.454 e. The number of carbonyl (C=O) groups excluding carboxylic acids is 1. The third-order valence-corrected chi connectivity index (χ3v) is 10.2. The highest BCUT2D eigenvalue weighted by Gasteiger charge is 2.41. The van der Waals surface area contributed by atoms with Gasteiger partial charge in [-0.25, -0.2) is 4.79 Å². The van der Waals surface area contributed by atoms with Gasteiger partial charge >= 0.3 is 5.97 Å². The molecule has 5 aromatic rings. The molecule has 0 bridgehead atoms. The molecule has 2 unspecified atom stereocenters. The molecule has 0 radical (unpaired) electrons. The van der Waals surface area contributed by atoms with Crippen LogP contribution in [-0.2, 0) is 9.30 Å². The van der Waals surface area contributed by atoms with E-state index in [0.29, 0.717) is 10.6 Å². The highest BCUT2D eigenvalue weighted by Crippen LogP contribution is 2.54. The van der Waals surface area contributed by atoms with E-state index in [1.54, 1.807) is 24.5 Å². The van der Waals surface area contributed by atoms with E-state index in [1.165, 1.54) is 11.3 Å². The molecule has 6 nitrogen and oxygen atoms in total. The summed E-state index contributed by atoms with van der Waals surface area (Å²) in [4.78, 5) is 18.5. The number of rotatable bonds is 4. The lowest BCUT2D eigenvalue weighted by atomic mass is 10.1. The summed E-state index contributed by atoms with van der Waals surface area (Å²) in [6, 6.07) is 23.3. The average molecular weight is 515 g/mol. The van der Waals surface area contributed by atoms with Crippen molar-refractivity contribution in [1.82, 2.24) is 4.98 Å². The van der Waals surface area contributed by atoms with E-state index in [-0.39, 0.29) is 5.97 Å². The molecule has 36 heavy (non-hydrogen) atoms. The second kappa shape index (κ2) is 8.47. The highest BCUT2D eigenvalue weighted by atomic mass is 32.1. The summed E-state index contributed by atoms with van der Waals surface area (Å²) in [6.45, 7) is 5.49. The Bertz CT molecular complexity index is 1620. The SMILES string of the molecule is Cc1ccc(P(C)(=O)N2c3cc(-c4ccc(-c5cc6ncccc6o5)cc4)sc3C(=O)OC2C)cc1. The van der Waals surface area contributed by atoms with Gasteiger partial charge in [0.1, 0.15) is 16.2 Å². The lowest BCUT2D eigenvalue weighted by Gasteiger charge is -2.38. The van der Waals surface area contributed by atoms with Crippen LogP contribution in [-0.4, -0.2) is 23.8 Å². The van der Waals surface area contributed by atoms with Crippen molar-refractivity contribution in [2.45, 2.75) is 20.1 Å². The van der Waals surface area contributed by atoms with Crippen molar-refractivity contribution in [2.75, 3.05) is 11.3 Å². The Morgan fingerprint density at radius 3 is 2.44 bits per heavy atom. The summed E-state index contributed by atoms with van der Waals surface area (Å²) >= 11 is 1.35. The number of ether oxygens (including phenoxy) is 1. The molecule has 8 heteroatoms. The van der Waals surface area contributed by atoms with Gasteiger partial charge in [-0.15, -0.1) is 11.3 Å². The lowest BCUT2D eigenvalue weighted by Crippen LogP contribution is -2.40. The first kappa shape index (κ1) is 22.8. The van der Waals surface area contributed by atoms with Gasteiger partial charge in [-0.05, 0) is 49.7 Å². The molecule has 0 saturated carbocycles. The van der Waals surface area contributed by atoms with Gasteiger partial charge in [-0.1, -0.05) is 42.0 Å². The van der Waals surface area contributed by atoms with E-state index >= 15 is 0 Å². The smallest absolute Gasteiger partial charge is 0.352 e. The number of pyridine rings is 1. The van der Waals surface area contributed by atoms with Crippen LogP contribution in [0.3, 0.4) is 0 Å². The molecule has 2 aromatic carbocycles. The lowest BCUT2D eigenvalue weighted by molar-refractivity contribution is 0.0343. The Morgan fingerprint density at radius 1 is 1.00 bits per heavy atom. The molecular weight excluding hydrogens is 491 g/mol. The molecular formula is C28H23N2O4PS. The van der Waals surface area contributed by atoms with E-state index in [2.05, 4.69) is 4.98 Å². The van der Waals surface area contributed by atoms with Crippen LogP contribution in [0.25, 0.3) is 32.9 Å². The minimum Gasteiger partial charge on any atom is -0.454 e. The second-order valence-electron chi connectivity index (χ2n) is 8.96. The van der Waals surface area contributed by atoms with Crippen molar-refractivity contribution in [3.63, 3.8) is 0 Å². The van der Waals surface area contributed by atoms with Gasteiger partial charge in [0.25, 0.3) is 0 Å². The van der Waals surface area contributed by atoms with Gasteiger partial charge < -0.3 is 9.15 Å². The topological polar surface area (TPSA) is 72.6 Å². The zero-order valence-corrected chi connectivity index (χ0v) is 21.7. The number of aromatic nitrogens is 1. The number of thiophene rings is 1. The molecule has 0 spiro atoms. The van der Waals surface area contributed by atoms with Gasteiger partial charge in [-0.3, -0.25) is 14.2 Å². The maximum Gasteiger partial charge on any atom is 0.352 e. The quantitative estimate of drug-likeness (QED) is 0.188. The van der Waals surface area contributed by atoms with Crippen molar-refractivity contribution in [2.24, 2.45) is 0 Å². The molecule has 4 heterocycles. The Labute approximate surface area is 212 Å². The van der Waals surface area contributed by atoms with Crippen LogP contribution in [0, 0.1) is 6.92 Å². The number of benzene rings is 2. The summed E-state index contributed by atoms with van der Waals surface area (Å²) in [5.74, 6) is 0.356. The number of fused-ring (bicyclic) bond motifs is 2. The third-order valence-electron chi connectivity index (χ3n) is 6.43. The minimum absolute atomic E-state index is 0.389. The van der Waals surface area contributed by atoms with Crippen LogP contribution >= 0.6 is 18.6 Å². The summed E-state index contributed by atoms with van der Waals surface area (Å²) in [6.07, 6.45) is 1.10. The zero-order valence-electron chi connectivity index (χ0n) is 20.0. The fraction of sp³-hybridized carbons (Fsp3) is 0.143. The van der Waals surface area contributed by atoms with E-state index < -0.39 is 13.5 Å². The Kier molecular flexibility index (Phi) is 5.36. The number of furan rings is 1. The molecule has 2 atom stereocenters. The van der Waals surface area contributed by atoms with E-state index in [4.69, 9.17) is 9.15 Å². The third kappa shape index (κ3) is 3.76. The van der Waals surface area contributed by atoms with Gasteiger partial charge in [0.05, 0.1) is 5.69 Å². The molecule has 1 aliphatic heterocycles. The molecule has 6 rings (SSSR count). The molecule has 0 N–H and O–H groups in total. The summed E-state index contributed by atoms with van der Waals surface area (Å²) < 4.78 is 27.4. The number of nitrogens with zero attached hydrogens (tertiary/aromatic N) is 2. The first-order chi connectivity index (χ1) is 17.3. The predicted octanol–water partition coefficient (Wildman–Crippen LogP) is 7.09. The van der Waals surface area contributed by atoms with Crippen molar-refractivity contribution in [3.05, 3.63) is 89.4 Å². The van der Waals surface area contributed by atoms with Crippen LogP contribution in [0.4, 0.5) is 5.69 Å². The molecule has 0 aliphatic carbocycles. The second-order valence-corrected chi connectivity index (χ2v) is 12.7. The zero-order chi connectivity index (χ0) is 25.0. The molecule has 3 aromatic heterocycles. The minimum atomic E-state index is -3.05. The maximum atomic E-state index is 14.1. The van der Waals surface area contributed by atoms with Crippen LogP contribution in [0.2, 0.25) is 0 Å². The van der Waals surface area contributed by atoms with Crippen LogP contribution in [0.1, 0.15) is 22.2 Å². The standard InChI is InChI=1S/C28H23N2O4PS/c1-17-6-12-21(13-7-17)35(3,32)30-18(2)33-28(31)27-23(30)16-26(36-27)20-10-8-19(9-11-20)25-15-22-24(34-25)5-4-14-29-22/h4-16,18H,1-3H3. The fourth-order valence-electron chi connectivity index (χ4n) is 4.57. The van der Waals surface area contributed by atoms with Crippen molar-refractivity contribution in [3.8, 4) is 21.8 Å². The summed E-state index contributed by atoms with van der Waals surface area (Å²) in [7, 11) is -3.05. The molecule has 0 saturated heterocycles. The van der Waals surface area contributed by atoms with Crippen LogP contribution < -0.4 is 9.97 Å². The molecule has 1 aliphatic rings. The van der Waals surface area contributed by atoms with E-state index in [9.17, 15) is 9.36 Å². The van der Waals surface area contributed by atoms with Gasteiger partial charge in [-0.2, -0.15) is 0 Å². The number of aryl methyl sites for hydroxylation is 1. The Hall–Kier alpha value is -3.67. The number of cyclic esters (lactones) is 1. The maximum absolute atomic E-state index is 14.1. The number of anilines is 1. The van der Waals surface area contributed by atoms with Crippen molar-refractivity contribution >= 4 is 46.7 Å². The Balaban J connectivity index is 1.37. The van der Waals surface area contributed by atoms with Crippen molar-refractivity contribution < 1.29 is 18.5 Å². The molecule has 180 valence electrons. The predicted molar refractivity (Wildman–Crippen MR) is 144 cm³/mol. The molecule has 0 fully saturated rings. The first-order valence-electron chi connectivity index (χ1n) is 11.6. The number of esters is 1. The number of hydrogen-bond donors (Lipinski definition) is 0. The summed E-state index contributed by atoms with van der Waals surface area (Å²) in [5, 5.41) is 0.723. The number of carbonyl (C=O) groups is 1. The van der Waals surface area contributed by atoms with Crippen LogP contribution in [0.15, 0.2) is 83.4 Å². The average Bonchev–Trinajstić information content (AvgIpc) is 3.49. The number of hydrogen-bond acceptors (Lipinski definition) is 6.